The first kappa shape index (κ1) is 18.6. The molecule has 0 saturated heterocycles. The fourth-order valence-electron chi connectivity index (χ4n) is 2.20. The largest absolute Gasteiger partial charge is 0.494 e. The highest BCUT2D eigenvalue weighted by atomic mass is 35.5. The highest BCUT2D eigenvalue weighted by Crippen LogP contribution is 2.25. The van der Waals surface area contributed by atoms with Crippen molar-refractivity contribution in [2.24, 2.45) is 0 Å². The van der Waals surface area contributed by atoms with Crippen LogP contribution in [0.2, 0.25) is 10.0 Å². The third-order valence-corrected chi connectivity index (χ3v) is 4.30. The number of benzene rings is 2. The van der Waals surface area contributed by atoms with Gasteiger partial charge < -0.3 is 10.1 Å². The molecule has 1 N–H and O–H groups in total. The summed E-state index contributed by atoms with van der Waals surface area (Å²) < 4.78 is 5.67. The third kappa shape index (κ3) is 5.73. The van der Waals surface area contributed by atoms with Gasteiger partial charge in [-0.3, -0.25) is 4.79 Å². The molecule has 0 atom stereocenters. The van der Waals surface area contributed by atoms with E-state index in [2.05, 4.69) is 12.2 Å². The van der Waals surface area contributed by atoms with Crippen LogP contribution in [0.1, 0.15) is 43.0 Å². The highest BCUT2D eigenvalue weighted by molar-refractivity contribution is 6.42. The summed E-state index contributed by atoms with van der Waals surface area (Å²) in [5.41, 5.74) is 1.16. The van der Waals surface area contributed by atoms with Gasteiger partial charge in [0.2, 0.25) is 0 Å². The molecule has 0 aliphatic rings. The first-order chi connectivity index (χ1) is 11.6. The lowest BCUT2D eigenvalue weighted by atomic mass is 10.2. The monoisotopic (exact) mass is 365 g/mol. The molecule has 5 heteroatoms. The zero-order valence-corrected chi connectivity index (χ0v) is 15.2. The van der Waals surface area contributed by atoms with Gasteiger partial charge >= 0.3 is 0 Å². The molecule has 2 rings (SSSR count). The molecule has 0 heterocycles. The average Bonchev–Trinajstić information content (AvgIpc) is 2.58. The second kappa shape index (κ2) is 9.55. The molecule has 128 valence electrons. The Kier molecular flexibility index (Phi) is 7.41. The van der Waals surface area contributed by atoms with Gasteiger partial charge in [-0.2, -0.15) is 0 Å². The van der Waals surface area contributed by atoms with E-state index in [4.69, 9.17) is 27.9 Å². The third-order valence-electron chi connectivity index (χ3n) is 3.56. The smallest absolute Gasteiger partial charge is 0.255 e. The fourth-order valence-corrected chi connectivity index (χ4v) is 2.50. The van der Waals surface area contributed by atoms with Gasteiger partial charge in [-0.15, -0.1) is 0 Å². The van der Waals surface area contributed by atoms with Crippen LogP contribution in [0.5, 0.6) is 5.75 Å². The molecule has 0 aromatic heterocycles. The summed E-state index contributed by atoms with van der Waals surface area (Å²) in [4.78, 5) is 12.2. The van der Waals surface area contributed by atoms with Crippen molar-refractivity contribution in [1.29, 1.82) is 0 Å². The molecular formula is C19H21Cl2NO2. The Hall–Kier alpha value is -1.71. The summed E-state index contributed by atoms with van der Waals surface area (Å²) in [6.45, 7) is 2.89. The molecule has 0 fully saturated rings. The highest BCUT2D eigenvalue weighted by Gasteiger charge is 2.07. The van der Waals surface area contributed by atoms with E-state index in [1.807, 2.05) is 12.1 Å². The van der Waals surface area contributed by atoms with Crippen LogP contribution in [-0.4, -0.2) is 12.5 Å². The molecule has 0 spiro atoms. The number of hydrogen-bond donors (Lipinski definition) is 1. The molecule has 0 aliphatic heterocycles. The van der Waals surface area contributed by atoms with Gasteiger partial charge in [-0.25, -0.2) is 0 Å². The van der Waals surface area contributed by atoms with Crippen LogP contribution in [0.25, 0.3) is 0 Å². The van der Waals surface area contributed by atoms with E-state index in [0.29, 0.717) is 27.9 Å². The van der Waals surface area contributed by atoms with Crippen LogP contribution in [0.15, 0.2) is 42.5 Å². The van der Waals surface area contributed by atoms with E-state index in [9.17, 15) is 4.79 Å². The van der Waals surface area contributed by atoms with Gasteiger partial charge in [0.1, 0.15) is 5.75 Å². The van der Waals surface area contributed by atoms with E-state index in [1.165, 1.54) is 19.3 Å². The molecule has 2 aromatic carbocycles. The van der Waals surface area contributed by atoms with Crippen LogP contribution in [-0.2, 0) is 0 Å². The average molecular weight is 366 g/mol. The van der Waals surface area contributed by atoms with E-state index < -0.39 is 0 Å². The van der Waals surface area contributed by atoms with Crippen molar-refractivity contribution in [2.45, 2.75) is 32.6 Å². The van der Waals surface area contributed by atoms with Crippen LogP contribution < -0.4 is 10.1 Å². The quantitative estimate of drug-likeness (QED) is 0.565. The molecule has 2 aromatic rings. The molecule has 24 heavy (non-hydrogen) atoms. The minimum absolute atomic E-state index is 0.206. The van der Waals surface area contributed by atoms with Crippen LogP contribution in [0.3, 0.4) is 0 Å². The lowest BCUT2D eigenvalue weighted by Crippen LogP contribution is -2.11. The van der Waals surface area contributed by atoms with E-state index in [1.54, 1.807) is 30.3 Å². The van der Waals surface area contributed by atoms with Gasteiger partial charge in [0, 0.05) is 11.3 Å². The summed E-state index contributed by atoms with van der Waals surface area (Å²) in [6.07, 6.45) is 4.67. The number of halogens is 2. The topological polar surface area (TPSA) is 38.3 Å². The summed E-state index contributed by atoms with van der Waals surface area (Å²) in [7, 11) is 0. The standard InChI is InChI=1S/C19H21Cl2NO2/c1-2-3-4-5-12-24-16-9-6-14(7-10-16)19(23)22-15-8-11-17(20)18(21)13-15/h6-11,13H,2-5,12H2,1H3,(H,22,23). The van der Waals surface area contributed by atoms with Gasteiger partial charge in [-0.1, -0.05) is 49.4 Å². The lowest BCUT2D eigenvalue weighted by molar-refractivity contribution is 0.102. The van der Waals surface area contributed by atoms with E-state index >= 15 is 0 Å². The predicted molar refractivity (Wildman–Crippen MR) is 100 cm³/mol. The number of rotatable bonds is 8. The maximum Gasteiger partial charge on any atom is 0.255 e. The van der Waals surface area contributed by atoms with Crippen LogP contribution in [0, 0.1) is 0 Å². The molecular weight excluding hydrogens is 345 g/mol. The number of ether oxygens (including phenoxy) is 1. The van der Waals surface area contributed by atoms with E-state index in [0.717, 1.165) is 12.2 Å². The minimum Gasteiger partial charge on any atom is -0.494 e. The Morgan fingerprint density at radius 2 is 1.75 bits per heavy atom. The zero-order valence-electron chi connectivity index (χ0n) is 13.6. The van der Waals surface area contributed by atoms with E-state index in [-0.39, 0.29) is 5.91 Å². The summed E-state index contributed by atoms with van der Waals surface area (Å²) in [5, 5.41) is 3.65. The number of amides is 1. The number of anilines is 1. The van der Waals surface area contributed by atoms with Gasteiger partial charge in [-0.05, 0) is 48.9 Å². The fraction of sp³-hybridized carbons (Fsp3) is 0.316. The van der Waals surface area contributed by atoms with Gasteiger partial charge in [0.15, 0.2) is 0 Å². The number of carbonyl (C=O) groups excluding carboxylic acids is 1. The van der Waals surface area contributed by atoms with Crippen LogP contribution in [0.4, 0.5) is 5.69 Å². The van der Waals surface area contributed by atoms with Gasteiger partial charge in [0.05, 0.1) is 16.7 Å². The van der Waals surface area contributed by atoms with Crippen molar-refractivity contribution >= 4 is 34.8 Å². The molecule has 0 unspecified atom stereocenters. The molecule has 0 aliphatic carbocycles. The van der Waals surface area contributed by atoms with Crippen molar-refractivity contribution in [1.82, 2.24) is 0 Å². The summed E-state index contributed by atoms with van der Waals surface area (Å²) in [5.74, 6) is 0.570. The van der Waals surface area contributed by atoms with Crippen LogP contribution >= 0.6 is 23.2 Å². The number of hydrogen-bond acceptors (Lipinski definition) is 2. The van der Waals surface area contributed by atoms with Crippen molar-refractivity contribution in [3.8, 4) is 5.75 Å². The Balaban J connectivity index is 1.87. The first-order valence-electron chi connectivity index (χ1n) is 8.09. The number of nitrogens with one attached hydrogen (secondary N) is 1. The zero-order chi connectivity index (χ0) is 17.4. The SMILES string of the molecule is CCCCCCOc1ccc(C(=O)Nc2ccc(Cl)c(Cl)c2)cc1. The van der Waals surface area contributed by atoms with Gasteiger partial charge in [0.25, 0.3) is 5.91 Å². The number of carbonyl (C=O) groups is 1. The summed E-state index contributed by atoms with van der Waals surface area (Å²) in [6, 6.07) is 12.1. The minimum atomic E-state index is -0.206. The summed E-state index contributed by atoms with van der Waals surface area (Å²) >= 11 is 11.8. The van der Waals surface area contributed by atoms with Crippen molar-refractivity contribution < 1.29 is 9.53 Å². The maximum atomic E-state index is 12.2. The maximum absolute atomic E-state index is 12.2. The van der Waals surface area contributed by atoms with Crippen molar-refractivity contribution in [3.63, 3.8) is 0 Å². The van der Waals surface area contributed by atoms with Crippen molar-refractivity contribution in [2.75, 3.05) is 11.9 Å². The second-order valence-electron chi connectivity index (χ2n) is 5.52. The normalized spacial score (nSPS) is 10.5. The number of unbranched alkanes of at least 4 members (excludes halogenated alkanes) is 3. The Labute approximate surface area is 152 Å². The second-order valence-corrected chi connectivity index (χ2v) is 6.33. The predicted octanol–water partition coefficient (Wildman–Crippen LogP) is 6.20. The lowest BCUT2D eigenvalue weighted by Gasteiger charge is -2.08. The Morgan fingerprint density at radius 3 is 2.42 bits per heavy atom. The molecule has 0 saturated carbocycles. The molecule has 3 nitrogen and oxygen atoms in total. The molecule has 1 amide bonds. The first-order valence-corrected chi connectivity index (χ1v) is 8.85. The van der Waals surface area contributed by atoms with Crippen molar-refractivity contribution in [3.05, 3.63) is 58.1 Å². The Morgan fingerprint density at radius 1 is 1.00 bits per heavy atom. The molecule has 0 radical (unpaired) electrons. The molecule has 0 bridgehead atoms. The Bertz CT molecular complexity index is 672.